The smallest absolute Gasteiger partial charge is 0.241 e. The molecule has 0 radical (unpaired) electrons. The van der Waals surface area contributed by atoms with Gasteiger partial charge in [-0.1, -0.05) is 13.8 Å². The molecule has 136 valence electrons. The van der Waals surface area contributed by atoms with Gasteiger partial charge < -0.3 is 25.8 Å². The molecular formula is C16H34N4O3. The van der Waals surface area contributed by atoms with Crippen LogP contribution in [0.3, 0.4) is 0 Å². The van der Waals surface area contributed by atoms with E-state index in [0.29, 0.717) is 30.9 Å². The first kappa shape index (κ1) is 21.7. The van der Waals surface area contributed by atoms with Gasteiger partial charge in [0.05, 0.1) is 6.61 Å². The standard InChI is InChI=1S/C16H34N4O3/c1-5-17-16(20-12-15(22)18-7-9-23-4)19-11-14(6-8-21)10-13(2)3/h13-14,21H,5-12H2,1-4H3,(H,18,22)(H2,17,19,20). The molecule has 0 saturated carbocycles. The number of carbonyl (C=O) groups is 1. The molecule has 0 spiro atoms. The molecule has 0 aliphatic heterocycles. The van der Waals surface area contributed by atoms with Crippen molar-refractivity contribution >= 4 is 11.9 Å². The molecule has 0 aliphatic carbocycles. The minimum absolute atomic E-state index is 0.0773. The second kappa shape index (κ2) is 14.3. The van der Waals surface area contributed by atoms with E-state index in [9.17, 15) is 4.79 Å². The molecule has 7 heteroatoms. The van der Waals surface area contributed by atoms with Crippen LogP contribution in [0.2, 0.25) is 0 Å². The molecule has 1 amide bonds. The van der Waals surface area contributed by atoms with E-state index in [1.54, 1.807) is 7.11 Å². The van der Waals surface area contributed by atoms with E-state index in [2.05, 4.69) is 34.8 Å². The fourth-order valence-electron chi connectivity index (χ4n) is 2.23. The third-order valence-electron chi connectivity index (χ3n) is 3.25. The number of aliphatic hydroxyl groups excluding tert-OH is 1. The number of rotatable bonds is 12. The van der Waals surface area contributed by atoms with E-state index in [1.807, 2.05) is 6.92 Å². The monoisotopic (exact) mass is 330 g/mol. The SMILES string of the molecule is CCNC(=NCC(=O)NCCOC)NCC(CCO)CC(C)C. The van der Waals surface area contributed by atoms with Crippen LogP contribution < -0.4 is 16.0 Å². The summed E-state index contributed by atoms with van der Waals surface area (Å²) in [5, 5.41) is 18.3. The van der Waals surface area contributed by atoms with E-state index in [-0.39, 0.29) is 19.1 Å². The zero-order valence-corrected chi connectivity index (χ0v) is 15.0. The molecule has 0 rings (SSSR count). The maximum atomic E-state index is 11.7. The summed E-state index contributed by atoms with van der Waals surface area (Å²) in [6.45, 7) is 9.04. The molecule has 1 atom stereocenters. The van der Waals surface area contributed by atoms with Crippen molar-refractivity contribution in [1.82, 2.24) is 16.0 Å². The minimum atomic E-state index is -0.131. The first-order valence-electron chi connectivity index (χ1n) is 8.42. The van der Waals surface area contributed by atoms with Gasteiger partial charge in [-0.15, -0.1) is 0 Å². The Morgan fingerprint density at radius 2 is 2.00 bits per heavy atom. The van der Waals surface area contributed by atoms with Gasteiger partial charge in [-0.3, -0.25) is 4.79 Å². The van der Waals surface area contributed by atoms with Gasteiger partial charge in [0.1, 0.15) is 6.54 Å². The molecule has 0 heterocycles. The van der Waals surface area contributed by atoms with E-state index < -0.39 is 0 Å². The highest BCUT2D eigenvalue weighted by Gasteiger charge is 2.11. The normalized spacial score (nSPS) is 13.0. The van der Waals surface area contributed by atoms with Crippen molar-refractivity contribution in [2.45, 2.75) is 33.6 Å². The average Bonchev–Trinajstić information content (AvgIpc) is 2.49. The summed E-state index contributed by atoms with van der Waals surface area (Å²) >= 11 is 0. The molecular weight excluding hydrogens is 296 g/mol. The molecule has 0 bridgehead atoms. The Hall–Kier alpha value is -1.34. The van der Waals surface area contributed by atoms with E-state index in [4.69, 9.17) is 9.84 Å². The predicted octanol–water partition coefficient (Wildman–Crippen LogP) is 0.349. The number of guanidine groups is 1. The van der Waals surface area contributed by atoms with Crippen molar-refractivity contribution in [3.05, 3.63) is 0 Å². The largest absolute Gasteiger partial charge is 0.396 e. The fraction of sp³-hybridized carbons (Fsp3) is 0.875. The van der Waals surface area contributed by atoms with Crippen LogP contribution in [-0.2, 0) is 9.53 Å². The summed E-state index contributed by atoms with van der Waals surface area (Å²) in [7, 11) is 1.59. The van der Waals surface area contributed by atoms with Crippen LogP contribution in [0.1, 0.15) is 33.6 Å². The van der Waals surface area contributed by atoms with Crippen LogP contribution in [0.15, 0.2) is 4.99 Å². The Morgan fingerprint density at radius 3 is 2.57 bits per heavy atom. The number of nitrogens with one attached hydrogen (secondary N) is 3. The topological polar surface area (TPSA) is 95.0 Å². The third-order valence-corrected chi connectivity index (χ3v) is 3.25. The number of ether oxygens (including phenoxy) is 1. The lowest BCUT2D eigenvalue weighted by Gasteiger charge is -2.20. The van der Waals surface area contributed by atoms with Gasteiger partial charge >= 0.3 is 0 Å². The number of aliphatic imine (C=N–C) groups is 1. The molecule has 0 saturated heterocycles. The molecule has 0 aliphatic rings. The van der Waals surface area contributed by atoms with E-state index in [0.717, 1.165) is 25.9 Å². The Bertz CT molecular complexity index is 335. The number of aliphatic hydroxyl groups is 1. The second-order valence-electron chi connectivity index (χ2n) is 5.93. The van der Waals surface area contributed by atoms with Gasteiger partial charge in [0.25, 0.3) is 0 Å². The lowest BCUT2D eigenvalue weighted by atomic mass is 9.94. The lowest BCUT2D eigenvalue weighted by molar-refractivity contribution is -0.119. The summed E-state index contributed by atoms with van der Waals surface area (Å²) in [5.41, 5.74) is 0. The van der Waals surface area contributed by atoms with Crippen LogP contribution in [-0.4, -0.2) is 63.5 Å². The molecule has 23 heavy (non-hydrogen) atoms. The molecule has 0 aromatic carbocycles. The van der Waals surface area contributed by atoms with E-state index >= 15 is 0 Å². The quantitative estimate of drug-likeness (QED) is 0.235. The summed E-state index contributed by atoms with van der Waals surface area (Å²) in [6.07, 6.45) is 1.81. The van der Waals surface area contributed by atoms with Gasteiger partial charge in [-0.2, -0.15) is 0 Å². The number of carbonyl (C=O) groups excluding carboxylic acids is 1. The Balaban J connectivity index is 4.35. The van der Waals surface area contributed by atoms with Gasteiger partial charge in [-0.25, -0.2) is 4.99 Å². The van der Waals surface area contributed by atoms with Crippen molar-refractivity contribution in [3.8, 4) is 0 Å². The maximum absolute atomic E-state index is 11.7. The Morgan fingerprint density at radius 1 is 1.26 bits per heavy atom. The second-order valence-corrected chi connectivity index (χ2v) is 5.93. The van der Waals surface area contributed by atoms with Crippen molar-refractivity contribution in [2.24, 2.45) is 16.8 Å². The Labute approximate surface area is 140 Å². The number of methoxy groups -OCH3 is 1. The van der Waals surface area contributed by atoms with Crippen molar-refractivity contribution in [3.63, 3.8) is 0 Å². The van der Waals surface area contributed by atoms with Gasteiger partial charge in [0.2, 0.25) is 5.91 Å². The molecule has 7 nitrogen and oxygen atoms in total. The molecule has 4 N–H and O–H groups in total. The highest BCUT2D eigenvalue weighted by molar-refractivity contribution is 5.84. The highest BCUT2D eigenvalue weighted by Crippen LogP contribution is 2.14. The van der Waals surface area contributed by atoms with Crippen LogP contribution in [0.25, 0.3) is 0 Å². The maximum Gasteiger partial charge on any atom is 0.241 e. The summed E-state index contributed by atoms with van der Waals surface area (Å²) in [4.78, 5) is 15.9. The van der Waals surface area contributed by atoms with Crippen LogP contribution in [0.5, 0.6) is 0 Å². The highest BCUT2D eigenvalue weighted by atomic mass is 16.5. The van der Waals surface area contributed by atoms with Crippen LogP contribution >= 0.6 is 0 Å². The van der Waals surface area contributed by atoms with Crippen molar-refractivity contribution in [1.29, 1.82) is 0 Å². The van der Waals surface area contributed by atoms with Crippen molar-refractivity contribution < 1.29 is 14.6 Å². The molecule has 0 fully saturated rings. The van der Waals surface area contributed by atoms with Crippen molar-refractivity contribution in [2.75, 3.05) is 46.5 Å². The molecule has 0 aromatic heterocycles. The summed E-state index contributed by atoms with van der Waals surface area (Å²) in [5.74, 6) is 1.47. The van der Waals surface area contributed by atoms with E-state index in [1.165, 1.54) is 0 Å². The predicted molar refractivity (Wildman–Crippen MR) is 93.5 cm³/mol. The summed E-state index contributed by atoms with van der Waals surface area (Å²) < 4.78 is 4.88. The number of nitrogens with zero attached hydrogens (tertiary/aromatic N) is 1. The first-order valence-corrected chi connectivity index (χ1v) is 8.42. The minimum Gasteiger partial charge on any atom is -0.396 e. The lowest BCUT2D eigenvalue weighted by Crippen LogP contribution is -2.41. The average molecular weight is 330 g/mol. The van der Waals surface area contributed by atoms with Crippen LogP contribution in [0.4, 0.5) is 0 Å². The van der Waals surface area contributed by atoms with Gasteiger partial charge in [0.15, 0.2) is 5.96 Å². The third kappa shape index (κ3) is 12.9. The Kier molecular flexibility index (Phi) is 13.4. The number of amides is 1. The summed E-state index contributed by atoms with van der Waals surface area (Å²) in [6, 6.07) is 0. The van der Waals surface area contributed by atoms with Gasteiger partial charge in [0, 0.05) is 33.4 Å². The van der Waals surface area contributed by atoms with Gasteiger partial charge in [-0.05, 0) is 31.6 Å². The zero-order valence-electron chi connectivity index (χ0n) is 15.0. The number of hydrogen-bond donors (Lipinski definition) is 4. The fourth-order valence-corrected chi connectivity index (χ4v) is 2.23. The van der Waals surface area contributed by atoms with Crippen LogP contribution in [0, 0.1) is 11.8 Å². The first-order chi connectivity index (χ1) is 11.0. The molecule has 1 unspecified atom stereocenters. The molecule has 0 aromatic rings. The zero-order chi connectivity index (χ0) is 17.5. The number of hydrogen-bond acceptors (Lipinski definition) is 4.